The molecule has 3 heteroatoms. The lowest BCUT2D eigenvalue weighted by Gasteiger charge is -2.31. The van der Waals surface area contributed by atoms with Crippen molar-refractivity contribution >= 4 is 23.2 Å². The Morgan fingerprint density at radius 3 is 2.39 bits per heavy atom. The second-order valence-corrected chi connectivity index (χ2v) is 5.20. The first-order valence-corrected chi connectivity index (χ1v) is 7.53. The van der Waals surface area contributed by atoms with Crippen LogP contribution in [0.15, 0.2) is 24.3 Å². The van der Waals surface area contributed by atoms with E-state index in [1.54, 1.807) is 0 Å². The highest BCUT2D eigenvalue weighted by Gasteiger charge is 2.31. The Balaban J connectivity index is 2.83. The lowest BCUT2D eigenvalue weighted by Crippen LogP contribution is -2.32. The van der Waals surface area contributed by atoms with Crippen molar-refractivity contribution < 1.29 is 4.74 Å². The molecule has 1 nitrogen and oxygen atoms in total. The number of rotatable bonds is 8. The van der Waals surface area contributed by atoms with Gasteiger partial charge in [0, 0.05) is 30.4 Å². The van der Waals surface area contributed by atoms with Crippen molar-refractivity contribution in [1.82, 2.24) is 0 Å². The van der Waals surface area contributed by atoms with Gasteiger partial charge in [0.25, 0.3) is 0 Å². The first kappa shape index (κ1) is 15.8. The number of aryl methyl sites for hydroxylation is 1. The van der Waals surface area contributed by atoms with Crippen LogP contribution in [0.5, 0.6) is 0 Å². The predicted molar refractivity (Wildman–Crippen MR) is 80.0 cm³/mol. The predicted octanol–water partition coefficient (Wildman–Crippen LogP) is 4.53. The van der Waals surface area contributed by atoms with Crippen LogP contribution >= 0.6 is 23.2 Å². The quantitative estimate of drug-likeness (QED) is 0.505. The normalized spacial score (nSPS) is 11.8. The van der Waals surface area contributed by atoms with E-state index in [0.717, 1.165) is 26.1 Å². The smallest absolute Gasteiger partial charge is 0.0466 e. The Morgan fingerprint density at radius 1 is 1.17 bits per heavy atom. The van der Waals surface area contributed by atoms with Gasteiger partial charge in [-0.25, -0.2) is 0 Å². The summed E-state index contributed by atoms with van der Waals surface area (Å²) in [4.78, 5) is 0. The first-order chi connectivity index (χ1) is 8.70. The molecule has 0 N–H and O–H groups in total. The molecule has 0 amide bonds. The zero-order chi connectivity index (χ0) is 13.4. The van der Waals surface area contributed by atoms with Gasteiger partial charge in [-0.1, -0.05) is 24.3 Å². The maximum Gasteiger partial charge on any atom is 0.0466 e. The highest BCUT2D eigenvalue weighted by molar-refractivity contribution is 6.22. The third-order valence-electron chi connectivity index (χ3n) is 3.38. The Hall–Kier alpha value is -0.240. The molecular formula is C15H22Cl2O. The van der Waals surface area contributed by atoms with Gasteiger partial charge in [-0.2, -0.15) is 0 Å². The third kappa shape index (κ3) is 3.88. The Kier molecular flexibility index (Phi) is 7.06. The number of alkyl halides is 2. The van der Waals surface area contributed by atoms with Gasteiger partial charge in [-0.15, -0.1) is 23.2 Å². The maximum atomic E-state index is 6.22. The summed E-state index contributed by atoms with van der Waals surface area (Å²) >= 11 is 12.4. The van der Waals surface area contributed by atoms with Gasteiger partial charge < -0.3 is 4.74 Å². The molecule has 0 bridgehead atoms. The molecule has 18 heavy (non-hydrogen) atoms. The SMILES string of the molecule is CCOCCCC(CCl)(CCl)c1ccccc1C. The fourth-order valence-electron chi connectivity index (χ4n) is 2.27. The lowest BCUT2D eigenvalue weighted by atomic mass is 9.78. The molecule has 0 heterocycles. The molecule has 0 aliphatic rings. The second-order valence-electron chi connectivity index (χ2n) is 4.66. The van der Waals surface area contributed by atoms with Gasteiger partial charge in [-0.05, 0) is 37.8 Å². The molecule has 0 saturated carbocycles. The average Bonchev–Trinajstić information content (AvgIpc) is 2.41. The van der Waals surface area contributed by atoms with Crippen LogP contribution in [0.4, 0.5) is 0 Å². The van der Waals surface area contributed by atoms with E-state index >= 15 is 0 Å². The lowest BCUT2D eigenvalue weighted by molar-refractivity contribution is 0.139. The number of hydrogen-bond donors (Lipinski definition) is 0. The second kappa shape index (κ2) is 8.04. The van der Waals surface area contributed by atoms with E-state index in [1.165, 1.54) is 11.1 Å². The molecule has 0 aliphatic carbocycles. The minimum Gasteiger partial charge on any atom is -0.382 e. The molecule has 102 valence electrons. The van der Waals surface area contributed by atoms with Crippen LogP contribution in [-0.4, -0.2) is 25.0 Å². The highest BCUT2D eigenvalue weighted by Crippen LogP contribution is 2.34. The van der Waals surface area contributed by atoms with E-state index < -0.39 is 0 Å². The number of benzene rings is 1. The van der Waals surface area contributed by atoms with Crippen molar-refractivity contribution in [2.75, 3.05) is 25.0 Å². The summed E-state index contributed by atoms with van der Waals surface area (Å²) < 4.78 is 5.40. The third-order valence-corrected chi connectivity index (χ3v) is 4.40. The van der Waals surface area contributed by atoms with Crippen LogP contribution in [-0.2, 0) is 10.2 Å². The first-order valence-electron chi connectivity index (χ1n) is 6.46. The summed E-state index contributed by atoms with van der Waals surface area (Å²) in [5, 5.41) is 0. The summed E-state index contributed by atoms with van der Waals surface area (Å²) in [6, 6.07) is 8.36. The van der Waals surface area contributed by atoms with E-state index in [0.29, 0.717) is 11.8 Å². The van der Waals surface area contributed by atoms with Crippen LogP contribution in [0.1, 0.15) is 30.9 Å². The van der Waals surface area contributed by atoms with Crippen LogP contribution in [0.2, 0.25) is 0 Å². The minimum absolute atomic E-state index is 0.133. The molecule has 1 aromatic rings. The van der Waals surface area contributed by atoms with Gasteiger partial charge in [0.2, 0.25) is 0 Å². The van der Waals surface area contributed by atoms with Crippen molar-refractivity contribution in [3.63, 3.8) is 0 Å². The van der Waals surface area contributed by atoms with E-state index in [9.17, 15) is 0 Å². The van der Waals surface area contributed by atoms with E-state index in [1.807, 2.05) is 13.0 Å². The zero-order valence-corrected chi connectivity index (χ0v) is 12.7. The van der Waals surface area contributed by atoms with Crippen molar-refractivity contribution in [2.45, 2.75) is 32.1 Å². The van der Waals surface area contributed by atoms with Gasteiger partial charge >= 0.3 is 0 Å². The topological polar surface area (TPSA) is 9.23 Å². The zero-order valence-electron chi connectivity index (χ0n) is 11.2. The minimum atomic E-state index is -0.133. The van der Waals surface area contributed by atoms with Crippen molar-refractivity contribution in [1.29, 1.82) is 0 Å². The molecule has 1 rings (SSSR count). The molecule has 0 unspecified atom stereocenters. The van der Waals surface area contributed by atoms with E-state index in [-0.39, 0.29) is 5.41 Å². The summed E-state index contributed by atoms with van der Waals surface area (Å²) in [6.45, 7) is 5.67. The summed E-state index contributed by atoms with van der Waals surface area (Å²) in [5.41, 5.74) is 2.40. The van der Waals surface area contributed by atoms with Gasteiger partial charge in [0.1, 0.15) is 0 Å². The average molecular weight is 289 g/mol. The largest absolute Gasteiger partial charge is 0.382 e. The molecule has 0 aromatic heterocycles. The van der Waals surface area contributed by atoms with Crippen molar-refractivity contribution in [3.8, 4) is 0 Å². The van der Waals surface area contributed by atoms with Crippen LogP contribution in [0.3, 0.4) is 0 Å². The summed E-state index contributed by atoms with van der Waals surface area (Å²) in [5.74, 6) is 1.10. The molecule has 0 aliphatic heterocycles. The number of ether oxygens (including phenoxy) is 1. The molecular weight excluding hydrogens is 267 g/mol. The van der Waals surface area contributed by atoms with Crippen molar-refractivity contribution in [3.05, 3.63) is 35.4 Å². The van der Waals surface area contributed by atoms with Crippen LogP contribution in [0, 0.1) is 6.92 Å². The van der Waals surface area contributed by atoms with Gasteiger partial charge in [0.15, 0.2) is 0 Å². The Bertz CT molecular complexity index is 348. The standard InChI is InChI=1S/C15H22Cl2O/c1-3-18-10-6-9-15(11-16,12-17)14-8-5-4-7-13(14)2/h4-5,7-8H,3,6,9-12H2,1-2H3. The molecule has 0 fully saturated rings. The Morgan fingerprint density at radius 2 is 1.83 bits per heavy atom. The van der Waals surface area contributed by atoms with E-state index in [4.69, 9.17) is 27.9 Å². The summed E-state index contributed by atoms with van der Waals surface area (Å²) in [6.07, 6.45) is 1.95. The Labute approximate surface area is 120 Å². The fourth-order valence-corrected chi connectivity index (χ4v) is 3.11. The summed E-state index contributed by atoms with van der Waals surface area (Å²) in [7, 11) is 0. The molecule has 1 aromatic carbocycles. The maximum absolute atomic E-state index is 6.22. The van der Waals surface area contributed by atoms with Crippen LogP contribution in [0.25, 0.3) is 0 Å². The molecule has 0 spiro atoms. The highest BCUT2D eigenvalue weighted by atomic mass is 35.5. The number of hydrogen-bond acceptors (Lipinski definition) is 1. The number of halogens is 2. The van der Waals surface area contributed by atoms with E-state index in [2.05, 4.69) is 25.1 Å². The monoisotopic (exact) mass is 288 g/mol. The van der Waals surface area contributed by atoms with Gasteiger partial charge in [-0.3, -0.25) is 0 Å². The molecule has 0 radical (unpaired) electrons. The van der Waals surface area contributed by atoms with Crippen LogP contribution < -0.4 is 0 Å². The molecule has 0 saturated heterocycles. The van der Waals surface area contributed by atoms with Crippen molar-refractivity contribution in [2.24, 2.45) is 0 Å². The van der Waals surface area contributed by atoms with Gasteiger partial charge in [0.05, 0.1) is 0 Å². The fraction of sp³-hybridized carbons (Fsp3) is 0.600. The molecule has 0 atom stereocenters.